The fraction of sp³-hybridized carbons (Fsp3) is 0.286. The molecule has 0 aliphatic heterocycles. The zero-order valence-electron chi connectivity index (χ0n) is 13.2. The van der Waals surface area contributed by atoms with E-state index in [-0.39, 0.29) is 28.5 Å². The second-order valence-electron chi connectivity index (χ2n) is 5.16. The average molecular weight is 333 g/mol. The third-order valence-corrected chi connectivity index (χ3v) is 3.57. The van der Waals surface area contributed by atoms with Gasteiger partial charge < -0.3 is 5.32 Å². The fourth-order valence-corrected chi connectivity index (χ4v) is 2.38. The van der Waals surface area contributed by atoms with Gasteiger partial charge in [0.25, 0.3) is 5.69 Å². The Morgan fingerprint density at radius 2 is 1.83 bits per heavy atom. The van der Waals surface area contributed by atoms with Crippen LogP contribution >= 0.6 is 0 Å². The van der Waals surface area contributed by atoms with Crippen molar-refractivity contribution in [3.8, 4) is 0 Å². The topological polar surface area (TPSA) is 133 Å². The third-order valence-electron chi connectivity index (χ3n) is 3.57. The monoisotopic (exact) mass is 333 g/mol. The van der Waals surface area contributed by atoms with Gasteiger partial charge in [-0.15, -0.1) is 0 Å². The number of hydrogen-bond acceptors (Lipinski definition) is 6. The van der Waals surface area contributed by atoms with Gasteiger partial charge in [0.15, 0.2) is 0 Å². The molecule has 1 unspecified atom stereocenters. The summed E-state index contributed by atoms with van der Waals surface area (Å²) in [5.41, 5.74) is 0.0960. The quantitative estimate of drug-likeness (QED) is 0.660. The van der Waals surface area contributed by atoms with Gasteiger partial charge in [0.05, 0.1) is 9.85 Å². The number of nitro benzene ring substituents is 1. The number of nitrogens with zero attached hydrogens (tertiary/aromatic N) is 4. The van der Waals surface area contributed by atoms with Crippen LogP contribution in [0.5, 0.6) is 0 Å². The molecule has 0 saturated carbocycles. The molecule has 1 aromatic heterocycles. The van der Waals surface area contributed by atoms with Crippen molar-refractivity contribution in [3.63, 3.8) is 0 Å². The van der Waals surface area contributed by atoms with Crippen LogP contribution in [0.25, 0.3) is 0 Å². The number of aromatic nitrogens is 2. The average Bonchev–Trinajstić information content (AvgIpc) is 2.81. The van der Waals surface area contributed by atoms with Crippen molar-refractivity contribution in [3.05, 3.63) is 55.9 Å². The lowest BCUT2D eigenvalue weighted by Crippen LogP contribution is -2.25. The van der Waals surface area contributed by atoms with Gasteiger partial charge in [0.1, 0.15) is 23.1 Å². The summed E-state index contributed by atoms with van der Waals surface area (Å²) in [5.74, 6) is -0.565. The summed E-state index contributed by atoms with van der Waals surface area (Å²) < 4.78 is 1.23. The lowest BCUT2D eigenvalue weighted by Gasteiger charge is -2.14. The second-order valence-corrected chi connectivity index (χ2v) is 5.16. The maximum absolute atomic E-state index is 12.4. The lowest BCUT2D eigenvalue weighted by atomic mass is 10.2. The molecule has 10 heteroatoms. The summed E-state index contributed by atoms with van der Waals surface area (Å²) in [6.07, 6.45) is 0. The third kappa shape index (κ3) is 3.07. The summed E-state index contributed by atoms with van der Waals surface area (Å²) >= 11 is 0. The molecule has 1 N–H and O–H groups in total. The smallest absolute Gasteiger partial charge is 0.312 e. The number of anilines is 1. The molecule has 0 aliphatic carbocycles. The molecule has 0 radical (unpaired) electrons. The van der Waals surface area contributed by atoms with Gasteiger partial charge in [-0.25, -0.2) is 0 Å². The number of para-hydroxylation sites is 2. The molecule has 1 aromatic carbocycles. The Labute approximate surface area is 136 Å². The van der Waals surface area contributed by atoms with Gasteiger partial charge in [-0.3, -0.25) is 29.7 Å². The Balaban J connectivity index is 2.30. The van der Waals surface area contributed by atoms with Gasteiger partial charge in [-0.2, -0.15) is 5.10 Å². The van der Waals surface area contributed by atoms with Crippen LogP contribution in [0, 0.1) is 34.1 Å². The van der Waals surface area contributed by atoms with Crippen molar-refractivity contribution >= 4 is 23.0 Å². The molecule has 1 heterocycles. The lowest BCUT2D eigenvalue weighted by molar-refractivity contribution is -0.386. The first-order valence-corrected chi connectivity index (χ1v) is 6.98. The standard InChI is InChI=1S/C14H15N5O5/c1-8-13(19(23)24)9(2)17(16-8)10(3)14(20)15-11-6-4-5-7-12(11)18(21)22/h4-7,10H,1-3H3,(H,15,20). The van der Waals surface area contributed by atoms with Gasteiger partial charge >= 0.3 is 5.69 Å². The zero-order chi connectivity index (χ0) is 18.0. The molecule has 0 bridgehead atoms. The zero-order valence-corrected chi connectivity index (χ0v) is 13.2. The molecular weight excluding hydrogens is 318 g/mol. The van der Waals surface area contributed by atoms with Crippen LogP contribution in [-0.4, -0.2) is 25.5 Å². The molecular formula is C14H15N5O5. The van der Waals surface area contributed by atoms with Gasteiger partial charge in [-0.1, -0.05) is 12.1 Å². The van der Waals surface area contributed by atoms with E-state index < -0.39 is 21.8 Å². The van der Waals surface area contributed by atoms with E-state index in [4.69, 9.17) is 0 Å². The van der Waals surface area contributed by atoms with Crippen molar-refractivity contribution in [1.82, 2.24) is 9.78 Å². The molecule has 1 amide bonds. The molecule has 0 fully saturated rings. The Hall–Kier alpha value is -3.30. The highest BCUT2D eigenvalue weighted by molar-refractivity contribution is 5.95. The molecule has 10 nitrogen and oxygen atoms in total. The van der Waals surface area contributed by atoms with Crippen LogP contribution in [0.2, 0.25) is 0 Å². The van der Waals surface area contributed by atoms with Crippen LogP contribution in [0.4, 0.5) is 17.1 Å². The molecule has 0 spiro atoms. The summed E-state index contributed by atoms with van der Waals surface area (Å²) in [4.78, 5) is 33.2. The van der Waals surface area contributed by atoms with E-state index in [1.54, 1.807) is 6.07 Å². The molecule has 2 aromatic rings. The van der Waals surface area contributed by atoms with Crippen molar-refractivity contribution in [2.24, 2.45) is 0 Å². The first-order chi connectivity index (χ1) is 11.2. The van der Waals surface area contributed by atoms with Gasteiger partial charge in [0, 0.05) is 6.07 Å². The van der Waals surface area contributed by atoms with E-state index in [1.807, 2.05) is 0 Å². The van der Waals surface area contributed by atoms with Crippen LogP contribution in [-0.2, 0) is 4.79 Å². The van der Waals surface area contributed by atoms with E-state index in [1.165, 1.54) is 43.7 Å². The maximum atomic E-state index is 12.4. The van der Waals surface area contributed by atoms with Crippen molar-refractivity contribution in [1.29, 1.82) is 0 Å². The van der Waals surface area contributed by atoms with Crippen molar-refractivity contribution in [2.45, 2.75) is 26.8 Å². The number of aryl methyl sites for hydroxylation is 1. The number of hydrogen-bond donors (Lipinski definition) is 1. The molecule has 24 heavy (non-hydrogen) atoms. The van der Waals surface area contributed by atoms with Crippen molar-refractivity contribution < 1.29 is 14.6 Å². The molecule has 0 saturated heterocycles. The highest BCUT2D eigenvalue weighted by atomic mass is 16.6. The van der Waals surface area contributed by atoms with Crippen LogP contribution < -0.4 is 5.32 Å². The first-order valence-electron chi connectivity index (χ1n) is 6.98. The Morgan fingerprint density at radius 1 is 1.21 bits per heavy atom. The molecule has 1 atom stereocenters. The predicted octanol–water partition coefficient (Wildman–Crippen LogP) is 2.52. The van der Waals surface area contributed by atoms with E-state index in [2.05, 4.69) is 10.4 Å². The van der Waals surface area contributed by atoms with Gasteiger partial charge in [0.2, 0.25) is 5.91 Å². The Kier molecular flexibility index (Phi) is 4.58. The summed E-state index contributed by atoms with van der Waals surface area (Å²) in [6.45, 7) is 4.48. The van der Waals surface area contributed by atoms with E-state index in [0.29, 0.717) is 0 Å². The molecule has 126 valence electrons. The highest BCUT2D eigenvalue weighted by Gasteiger charge is 2.28. The fourth-order valence-electron chi connectivity index (χ4n) is 2.38. The number of rotatable bonds is 5. The number of amides is 1. The summed E-state index contributed by atoms with van der Waals surface area (Å²) in [6, 6.07) is 4.85. The minimum absolute atomic E-state index is 0.0513. The number of nitrogens with one attached hydrogen (secondary N) is 1. The molecule has 2 rings (SSSR count). The largest absolute Gasteiger partial charge is 0.319 e. The van der Waals surface area contributed by atoms with E-state index >= 15 is 0 Å². The minimum Gasteiger partial charge on any atom is -0.319 e. The Morgan fingerprint density at radius 3 is 2.38 bits per heavy atom. The van der Waals surface area contributed by atoms with Crippen molar-refractivity contribution in [2.75, 3.05) is 5.32 Å². The Bertz CT molecular complexity index is 829. The van der Waals surface area contributed by atoms with Crippen LogP contribution in [0.1, 0.15) is 24.4 Å². The number of benzene rings is 1. The number of carbonyl (C=O) groups is 1. The van der Waals surface area contributed by atoms with E-state index in [0.717, 1.165) is 0 Å². The van der Waals surface area contributed by atoms with Gasteiger partial charge in [-0.05, 0) is 26.8 Å². The number of carbonyl (C=O) groups excluding carboxylic acids is 1. The number of nitro groups is 2. The van der Waals surface area contributed by atoms with Crippen LogP contribution in [0.15, 0.2) is 24.3 Å². The van der Waals surface area contributed by atoms with Crippen LogP contribution in [0.3, 0.4) is 0 Å². The predicted molar refractivity (Wildman–Crippen MR) is 84.8 cm³/mol. The SMILES string of the molecule is Cc1nn(C(C)C(=O)Nc2ccccc2[N+](=O)[O-])c(C)c1[N+](=O)[O-]. The summed E-state index contributed by atoms with van der Waals surface area (Å²) in [5, 5.41) is 28.5. The maximum Gasteiger partial charge on any atom is 0.312 e. The molecule has 0 aliphatic rings. The minimum atomic E-state index is -0.878. The summed E-state index contributed by atoms with van der Waals surface area (Å²) in [7, 11) is 0. The first kappa shape index (κ1) is 17.1. The highest BCUT2D eigenvalue weighted by Crippen LogP contribution is 2.27. The second kappa shape index (κ2) is 6.44. The van der Waals surface area contributed by atoms with E-state index in [9.17, 15) is 25.0 Å². The normalized spacial score (nSPS) is 11.8.